The van der Waals surface area contributed by atoms with Gasteiger partial charge in [-0.3, -0.25) is 9.55 Å². The maximum Gasteiger partial charge on any atom is 0.148 e. The van der Waals surface area contributed by atoms with Gasteiger partial charge in [0, 0.05) is 38.5 Å². The number of nitrogens with zero attached hydrogens (tertiary/aromatic N) is 4. The second-order valence-corrected chi connectivity index (χ2v) is 9.87. The van der Waals surface area contributed by atoms with E-state index in [2.05, 4.69) is 52.0 Å². The van der Waals surface area contributed by atoms with Crippen LogP contribution in [-0.2, 0) is 21.1 Å². The Morgan fingerprint density at radius 2 is 1.37 bits per heavy atom. The van der Waals surface area contributed by atoms with E-state index in [1.807, 2.05) is 84.9 Å². The molecule has 0 saturated carbocycles. The summed E-state index contributed by atoms with van der Waals surface area (Å²) in [6, 6.07) is 47.1. The van der Waals surface area contributed by atoms with E-state index in [9.17, 15) is 5.11 Å². The zero-order valence-electron chi connectivity index (χ0n) is 22.8. The van der Waals surface area contributed by atoms with Crippen molar-refractivity contribution in [2.24, 2.45) is 0 Å². The molecule has 0 amide bonds. The van der Waals surface area contributed by atoms with Crippen LogP contribution < -0.4 is 0 Å². The Hall–Kier alpha value is -5.30. The molecular formula is C37H23N4OPt-. The first-order chi connectivity index (χ1) is 20.7. The van der Waals surface area contributed by atoms with Crippen LogP contribution in [0.5, 0.6) is 5.75 Å². The quantitative estimate of drug-likeness (QED) is 0.180. The second-order valence-electron chi connectivity index (χ2n) is 9.87. The number of rotatable bonds is 5. The molecule has 0 spiro atoms. The van der Waals surface area contributed by atoms with E-state index in [1.165, 1.54) is 0 Å². The number of hydrogen-bond donors (Lipinski definition) is 1. The van der Waals surface area contributed by atoms with Gasteiger partial charge in [0.2, 0.25) is 0 Å². The van der Waals surface area contributed by atoms with Crippen molar-refractivity contribution >= 4 is 11.0 Å². The van der Waals surface area contributed by atoms with E-state index in [1.54, 1.807) is 18.3 Å². The van der Waals surface area contributed by atoms with E-state index in [0.29, 0.717) is 17.0 Å². The molecule has 2 heterocycles. The third-order valence-corrected chi connectivity index (χ3v) is 7.31. The Bertz CT molecular complexity index is 2110. The maximum absolute atomic E-state index is 10.9. The van der Waals surface area contributed by atoms with Crippen LogP contribution >= 0.6 is 0 Å². The van der Waals surface area contributed by atoms with Gasteiger partial charge >= 0.3 is 0 Å². The van der Waals surface area contributed by atoms with Gasteiger partial charge in [-0.05, 0) is 35.9 Å². The molecule has 43 heavy (non-hydrogen) atoms. The smallest absolute Gasteiger partial charge is 0.148 e. The molecule has 208 valence electrons. The molecule has 5 aromatic carbocycles. The molecule has 0 aliphatic rings. The van der Waals surface area contributed by atoms with Gasteiger partial charge in [0.05, 0.1) is 27.8 Å². The number of hydrogen-bond acceptors (Lipinski definition) is 4. The van der Waals surface area contributed by atoms with E-state index >= 15 is 0 Å². The van der Waals surface area contributed by atoms with Gasteiger partial charge in [-0.15, -0.1) is 29.8 Å². The molecule has 0 unspecified atom stereocenters. The maximum atomic E-state index is 10.9. The zero-order valence-corrected chi connectivity index (χ0v) is 25.0. The fourth-order valence-electron chi connectivity index (χ4n) is 5.33. The standard InChI is InChI=1S/C37H23N4O.Pt/c38-23-25-20-21-32(39-24-25)28-13-8-12-27(22-28)30-16-9-18-34-36(30)40-37(31-15-5-7-19-35(31)42)41(34)33-17-6-4-14-29(33)26-10-2-1-3-11-26;/h1-21,24,42H;/q-1;. The third kappa shape index (κ3) is 5.14. The minimum atomic E-state index is 0. The van der Waals surface area contributed by atoms with Gasteiger partial charge in [-0.25, -0.2) is 4.98 Å². The molecule has 1 N–H and O–H groups in total. The molecule has 0 fully saturated rings. The van der Waals surface area contributed by atoms with Gasteiger partial charge in [0.1, 0.15) is 17.6 Å². The average Bonchev–Trinajstić information content (AvgIpc) is 3.45. The number of pyridine rings is 1. The van der Waals surface area contributed by atoms with Gasteiger partial charge < -0.3 is 5.11 Å². The molecular weight excluding hydrogens is 712 g/mol. The van der Waals surface area contributed by atoms with Crippen LogP contribution in [0.4, 0.5) is 0 Å². The summed E-state index contributed by atoms with van der Waals surface area (Å²) in [7, 11) is 0. The summed E-state index contributed by atoms with van der Waals surface area (Å²) in [5, 5.41) is 20.1. The second kappa shape index (κ2) is 11.9. The summed E-state index contributed by atoms with van der Waals surface area (Å²) in [4.78, 5) is 9.65. The minimum absolute atomic E-state index is 0. The Morgan fingerprint density at radius 3 is 2.14 bits per heavy atom. The molecule has 0 radical (unpaired) electrons. The molecule has 6 heteroatoms. The van der Waals surface area contributed by atoms with Crippen LogP contribution in [0.2, 0.25) is 0 Å². The summed E-state index contributed by atoms with van der Waals surface area (Å²) in [5.41, 5.74) is 9.30. The Balaban J connectivity index is 0.00000329. The predicted molar refractivity (Wildman–Crippen MR) is 166 cm³/mol. The van der Waals surface area contributed by atoms with E-state index < -0.39 is 0 Å². The third-order valence-electron chi connectivity index (χ3n) is 7.31. The van der Waals surface area contributed by atoms with Crippen LogP contribution in [0.3, 0.4) is 0 Å². The summed E-state index contributed by atoms with van der Waals surface area (Å²) >= 11 is 0. The molecule has 5 nitrogen and oxygen atoms in total. The first-order valence-corrected chi connectivity index (χ1v) is 13.5. The summed E-state index contributed by atoms with van der Waals surface area (Å²) in [6.07, 6.45) is 1.57. The molecule has 2 aromatic heterocycles. The summed E-state index contributed by atoms with van der Waals surface area (Å²) in [6.45, 7) is 0. The molecule has 0 aliphatic heterocycles. The van der Waals surface area contributed by atoms with E-state index in [0.717, 1.165) is 50.2 Å². The largest absolute Gasteiger partial charge is 0.507 e. The van der Waals surface area contributed by atoms with Crippen LogP contribution in [0.15, 0.2) is 134 Å². The summed E-state index contributed by atoms with van der Waals surface area (Å²) < 4.78 is 2.13. The number of nitriles is 1. The Morgan fingerprint density at radius 1 is 0.674 bits per heavy atom. The molecule has 7 aromatic rings. The zero-order chi connectivity index (χ0) is 28.5. The normalized spacial score (nSPS) is 10.7. The minimum Gasteiger partial charge on any atom is -0.507 e. The van der Waals surface area contributed by atoms with E-state index in [-0.39, 0.29) is 26.8 Å². The van der Waals surface area contributed by atoms with Crippen LogP contribution in [0, 0.1) is 17.4 Å². The number of phenolic OH excluding ortho intramolecular Hbond substituents is 1. The number of benzene rings is 5. The van der Waals surface area contributed by atoms with Crippen molar-refractivity contribution in [3.8, 4) is 62.4 Å². The van der Waals surface area contributed by atoms with Crippen molar-refractivity contribution in [3.05, 3.63) is 145 Å². The van der Waals surface area contributed by atoms with E-state index in [4.69, 9.17) is 10.2 Å². The Labute approximate surface area is 263 Å². The topological polar surface area (TPSA) is 74.7 Å². The van der Waals surface area contributed by atoms with Crippen molar-refractivity contribution in [2.75, 3.05) is 0 Å². The molecule has 0 saturated heterocycles. The summed E-state index contributed by atoms with van der Waals surface area (Å²) in [5.74, 6) is 0.803. The van der Waals surface area contributed by atoms with Crippen molar-refractivity contribution in [2.45, 2.75) is 0 Å². The number of aromatic hydroxyl groups is 1. The van der Waals surface area contributed by atoms with Crippen molar-refractivity contribution in [1.82, 2.24) is 14.5 Å². The number of fused-ring (bicyclic) bond motifs is 1. The SMILES string of the molecule is N#Cc1ccc(-c2[c-]c(-c3cccc4c3nc(-c3ccccc3O)n4-c3ccccc3-c3ccccc3)ccc2)nc1.[Pt]. The van der Waals surface area contributed by atoms with Crippen LogP contribution in [-0.4, -0.2) is 19.6 Å². The molecule has 7 rings (SSSR count). The Kier molecular flexibility index (Phi) is 7.70. The fraction of sp³-hybridized carbons (Fsp3) is 0. The number of aromatic nitrogens is 3. The predicted octanol–water partition coefficient (Wildman–Crippen LogP) is 8.46. The van der Waals surface area contributed by atoms with Crippen molar-refractivity contribution < 1.29 is 26.2 Å². The molecule has 0 aliphatic carbocycles. The van der Waals surface area contributed by atoms with Gasteiger partial charge in [-0.1, -0.05) is 90.0 Å². The first kappa shape index (κ1) is 27.8. The van der Waals surface area contributed by atoms with Crippen LogP contribution in [0.1, 0.15) is 5.56 Å². The molecule has 0 atom stereocenters. The molecule has 0 bridgehead atoms. The number of imidazole rings is 1. The van der Waals surface area contributed by atoms with Crippen molar-refractivity contribution in [1.29, 1.82) is 5.26 Å². The van der Waals surface area contributed by atoms with Gasteiger partial charge in [0.25, 0.3) is 0 Å². The first-order valence-electron chi connectivity index (χ1n) is 13.5. The average molecular weight is 735 g/mol. The van der Waals surface area contributed by atoms with Gasteiger partial charge in [0.15, 0.2) is 0 Å². The fourth-order valence-corrected chi connectivity index (χ4v) is 5.33. The van der Waals surface area contributed by atoms with Crippen LogP contribution in [0.25, 0.3) is 61.6 Å². The number of para-hydroxylation sites is 3. The monoisotopic (exact) mass is 734 g/mol. The number of phenols is 1. The van der Waals surface area contributed by atoms with Gasteiger partial charge in [-0.2, -0.15) is 5.26 Å². The van der Waals surface area contributed by atoms with Crippen molar-refractivity contribution in [3.63, 3.8) is 0 Å².